The lowest BCUT2D eigenvalue weighted by atomic mass is 10.1. The number of rotatable bonds is 6. The molecule has 0 fully saturated rings. The minimum Gasteiger partial charge on any atom is -0.494 e. The summed E-state index contributed by atoms with van der Waals surface area (Å²) in [6.07, 6.45) is -1.30. The minimum absolute atomic E-state index is 0.278. The number of carbonyl (C=O) groups is 2. The summed E-state index contributed by atoms with van der Waals surface area (Å²) in [5.41, 5.74) is 1.31. The molecule has 2 unspecified atom stereocenters. The van der Waals surface area contributed by atoms with Gasteiger partial charge in [0.2, 0.25) is 5.78 Å². The summed E-state index contributed by atoms with van der Waals surface area (Å²) in [5, 5.41) is 0.584. The van der Waals surface area contributed by atoms with E-state index in [4.69, 9.17) is 25.8 Å². The Hall–Kier alpha value is -2.53. The molecule has 136 valence electrons. The van der Waals surface area contributed by atoms with Gasteiger partial charge in [0.05, 0.1) is 6.61 Å². The number of benzene rings is 2. The van der Waals surface area contributed by atoms with Crippen LogP contribution in [0.15, 0.2) is 42.5 Å². The maximum absolute atomic E-state index is 12.5. The SMILES string of the molecule is CCOc1ccc(C(=O)C(C)OC(=O)C2Cc3cc(Cl)ccc3O2)cc1. The highest BCUT2D eigenvalue weighted by Gasteiger charge is 2.32. The van der Waals surface area contributed by atoms with Gasteiger partial charge in [-0.05, 0) is 61.9 Å². The molecule has 0 saturated carbocycles. The zero-order valence-corrected chi connectivity index (χ0v) is 15.3. The molecule has 1 heterocycles. The Kier molecular flexibility index (Phi) is 5.47. The first-order valence-corrected chi connectivity index (χ1v) is 8.78. The molecule has 2 atom stereocenters. The van der Waals surface area contributed by atoms with E-state index in [-0.39, 0.29) is 5.78 Å². The first-order valence-electron chi connectivity index (χ1n) is 8.40. The molecule has 0 saturated heterocycles. The standard InChI is InChI=1S/C20H19ClO5/c1-3-24-16-7-4-13(5-8-16)19(22)12(2)25-20(23)18-11-14-10-15(21)6-9-17(14)26-18/h4-10,12,18H,3,11H2,1-2H3. The largest absolute Gasteiger partial charge is 0.494 e. The third kappa shape index (κ3) is 3.99. The van der Waals surface area contributed by atoms with Gasteiger partial charge in [-0.2, -0.15) is 0 Å². The third-order valence-corrected chi connectivity index (χ3v) is 4.31. The van der Waals surface area contributed by atoms with Gasteiger partial charge in [-0.15, -0.1) is 0 Å². The molecule has 0 bridgehead atoms. The third-order valence-electron chi connectivity index (χ3n) is 4.07. The normalized spacial score (nSPS) is 16.3. The lowest BCUT2D eigenvalue weighted by Gasteiger charge is -2.15. The molecule has 0 spiro atoms. The molecule has 0 radical (unpaired) electrons. The van der Waals surface area contributed by atoms with E-state index in [0.29, 0.717) is 35.1 Å². The monoisotopic (exact) mass is 374 g/mol. The Labute approximate surface area is 156 Å². The fourth-order valence-electron chi connectivity index (χ4n) is 2.77. The van der Waals surface area contributed by atoms with Crippen LogP contribution in [0.2, 0.25) is 5.02 Å². The zero-order chi connectivity index (χ0) is 18.7. The number of fused-ring (bicyclic) bond motifs is 1. The quantitative estimate of drug-likeness (QED) is 0.567. The van der Waals surface area contributed by atoms with Crippen LogP contribution in [-0.2, 0) is 16.0 Å². The summed E-state index contributed by atoms with van der Waals surface area (Å²) in [4.78, 5) is 24.8. The second-order valence-electron chi connectivity index (χ2n) is 5.96. The summed E-state index contributed by atoms with van der Waals surface area (Å²) in [6, 6.07) is 11.9. The Bertz CT molecular complexity index is 815. The molecule has 0 aromatic heterocycles. The number of Topliss-reactive ketones (excluding diaryl/α,β-unsaturated/α-hetero) is 1. The van der Waals surface area contributed by atoms with E-state index in [1.807, 2.05) is 6.92 Å². The van der Waals surface area contributed by atoms with Gasteiger partial charge in [0, 0.05) is 17.0 Å². The molecule has 5 nitrogen and oxygen atoms in total. The highest BCUT2D eigenvalue weighted by molar-refractivity contribution is 6.30. The van der Waals surface area contributed by atoms with Crippen LogP contribution in [0.3, 0.4) is 0 Å². The number of halogens is 1. The average Bonchev–Trinajstić information content (AvgIpc) is 3.05. The van der Waals surface area contributed by atoms with Crippen LogP contribution >= 0.6 is 11.6 Å². The molecule has 1 aliphatic heterocycles. The smallest absolute Gasteiger partial charge is 0.348 e. The number of ether oxygens (including phenoxy) is 3. The van der Waals surface area contributed by atoms with Crippen molar-refractivity contribution in [3.8, 4) is 11.5 Å². The summed E-state index contributed by atoms with van der Waals surface area (Å²) in [5.74, 6) is 0.454. The van der Waals surface area contributed by atoms with Crippen molar-refractivity contribution in [2.75, 3.05) is 6.61 Å². The van der Waals surface area contributed by atoms with E-state index in [0.717, 1.165) is 5.56 Å². The van der Waals surface area contributed by atoms with Crippen molar-refractivity contribution in [1.82, 2.24) is 0 Å². The molecule has 3 rings (SSSR count). The Balaban J connectivity index is 1.60. The van der Waals surface area contributed by atoms with E-state index >= 15 is 0 Å². The molecule has 26 heavy (non-hydrogen) atoms. The molecule has 0 amide bonds. The van der Waals surface area contributed by atoms with Crippen LogP contribution in [0.5, 0.6) is 11.5 Å². The molecule has 2 aromatic rings. The predicted octanol–water partition coefficient (Wildman–Crippen LogP) is 3.86. The van der Waals surface area contributed by atoms with Crippen molar-refractivity contribution in [3.05, 3.63) is 58.6 Å². The maximum atomic E-state index is 12.5. The van der Waals surface area contributed by atoms with Crippen molar-refractivity contribution in [2.45, 2.75) is 32.5 Å². The predicted molar refractivity (Wildman–Crippen MR) is 97.1 cm³/mol. The van der Waals surface area contributed by atoms with E-state index < -0.39 is 18.2 Å². The highest BCUT2D eigenvalue weighted by atomic mass is 35.5. The van der Waals surface area contributed by atoms with Crippen LogP contribution in [-0.4, -0.2) is 30.6 Å². The van der Waals surface area contributed by atoms with Gasteiger partial charge in [-0.1, -0.05) is 11.6 Å². The zero-order valence-electron chi connectivity index (χ0n) is 14.5. The molecule has 0 N–H and O–H groups in total. The van der Waals surface area contributed by atoms with E-state index in [1.165, 1.54) is 0 Å². The van der Waals surface area contributed by atoms with Crippen molar-refractivity contribution in [2.24, 2.45) is 0 Å². The van der Waals surface area contributed by atoms with Crippen molar-refractivity contribution < 1.29 is 23.8 Å². The molecular formula is C20H19ClO5. The fraction of sp³-hybridized carbons (Fsp3) is 0.300. The Morgan fingerprint density at radius 3 is 2.65 bits per heavy atom. The summed E-state index contributed by atoms with van der Waals surface area (Å²) in [7, 11) is 0. The van der Waals surface area contributed by atoms with Crippen LogP contribution < -0.4 is 9.47 Å². The molecule has 2 aromatic carbocycles. The Morgan fingerprint density at radius 2 is 1.96 bits per heavy atom. The minimum atomic E-state index is -0.906. The molecule has 1 aliphatic rings. The number of esters is 1. The number of hydrogen-bond donors (Lipinski definition) is 0. The number of ketones is 1. The van der Waals surface area contributed by atoms with E-state index in [2.05, 4.69) is 0 Å². The molecule has 0 aliphatic carbocycles. The van der Waals surface area contributed by atoms with Gasteiger partial charge < -0.3 is 14.2 Å². The summed E-state index contributed by atoms with van der Waals surface area (Å²) >= 11 is 5.95. The van der Waals surface area contributed by atoms with Gasteiger partial charge in [0.25, 0.3) is 0 Å². The lowest BCUT2D eigenvalue weighted by molar-refractivity contribution is -0.153. The Morgan fingerprint density at radius 1 is 1.23 bits per heavy atom. The second kappa shape index (κ2) is 7.79. The van der Waals surface area contributed by atoms with Gasteiger partial charge in [-0.3, -0.25) is 4.79 Å². The lowest BCUT2D eigenvalue weighted by Crippen LogP contribution is -2.33. The first-order chi connectivity index (χ1) is 12.5. The highest BCUT2D eigenvalue weighted by Crippen LogP contribution is 2.31. The van der Waals surface area contributed by atoms with E-state index in [9.17, 15) is 9.59 Å². The van der Waals surface area contributed by atoms with Gasteiger partial charge in [0.15, 0.2) is 12.2 Å². The summed E-state index contributed by atoms with van der Waals surface area (Å²) in [6.45, 7) is 3.99. The molecule has 6 heteroatoms. The van der Waals surface area contributed by atoms with E-state index in [1.54, 1.807) is 49.4 Å². The maximum Gasteiger partial charge on any atom is 0.348 e. The van der Waals surface area contributed by atoms with Crippen LogP contribution in [0, 0.1) is 0 Å². The van der Waals surface area contributed by atoms with Crippen LogP contribution in [0.4, 0.5) is 0 Å². The second-order valence-corrected chi connectivity index (χ2v) is 6.40. The van der Waals surface area contributed by atoms with Crippen LogP contribution in [0.1, 0.15) is 29.8 Å². The number of hydrogen-bond acceptors (Lipinski definition) is 5. The topological polar surface area (TPSA) is 61.8 Å². The van der Waals surface area contributed by atoms with Gasteiger partial charge >= 0.3 is 5.97 Å². The summed E-state index contributed by atoms with van der Waals surface area (Å²) < 4.78 is 16.3. The molecular weight excluding hydrogens is 356 g/mol. The average molecular weight is 375 g/mol. The number of carbonyl (C=O) groups excluding carboxylic acids is 2. The fourth-order valence-corrected chi connectivity index (χ4v) is 2.96. The van der Waals surface area contributed by atoms with Gasteiger partial charge in [-0.25, -0.2) is 4.79 Å². The first kappa shape index (κ1) is 18.3. The van der Waals surface area contributed by atoms with Crippen LogP contribution in [0.25, 0.3) is 0 Å². The van der Waals surface area contributed by atoms with Crippen molar-refractivity contribution in [3.63, 3.8) is 0 Å². The van der Waals surface area contributed by atoms with Gasteiger partial charge in [0.1, 0.15) is 11.5 Å². The van der Waals surface area contributed by atoms with Crippen molar-refractivity contribution >= 4 is 23.4 Å². The van der Waals surface area contributed by atoms with Crippen molar-refractivity contribution in [1.29, 1.82) is 0 Å².